The van der Waals surface area contributed by atoms with E-state index in [4.69, 9.17) is 5.26 Å². The fraction of sp³-hybridized carbons (Fsp3) is 0.533. The Bertz CT molecular complexity index is 419. The second kappa shape index (κ2) is 5.23. The van der Waals surface area contributed by atoms with E-state index < -0.39 is 0 Å². The second-order valence-electron chi connectivity index (χ2n) is 5.21. The van der Waals surface area contributed by atoms with Crippen molar-refractivity contribution in [1.82, 2.24) is 0 Å². The average Bonchev–Trinajstić information content (AvgIpc) is 2.35. The van der Waals surface area contributed by atoms with Gasteiger partial charge in [0.1, 0.15) is 0 Å². The molecule has 0 aromatic heterocycles. The van der Waals surface area contributed by atoms with Crippen molar-refractivity contribution in [3.63, 3.8) is 0 Å². The van der Waals surface area contributed by atoms with Gasteiger partial charge in [0.15, 0.2) is 0 Å². The van der Waals surface area contributed by atoms with Crippen molar-refractivity contribution in [2.24, 2.45) is 11.8 Å². The highest BCUT2D eigenvalue weighted by atomic mass is 14.9. The van der Waals surface area contributed by atoms with Crippen molar-refractivity contribution in [1.29, 1.82) is 5.26 Å². The Balaban J connectivity index is 2.07. The Morgan fingerprint density at radius 3 is 2.88 bits per heavy atom. The van der Waals surface area contributed by atoms with Crippen molar-refractivity contribution in [2.45, 2.75) is 39.2 Å². The Labute approximate surface area is 104 Å². The summed E-state index contributed by atoms with van der Waals surface area (Å²) in [5.41, 5.74) is 1.81. The van der Waals surface area contributed by atoms with E-state index in [9.17, 15) is 0 Å². The first-order chi connectivity index (χ1) is 8.20. The van der Waals surface area contributed by atoms with Crippen LogP contribution >= 0.6 is 0 Å². The van der Waals surface area contributed by atoms with Gasteiger partial charge in [0.25, 0.3) is 0 Å². The Morgan fingerprint density at radius 1 is 1.29 bits per heavy atom. The number of rotatable bonds is 2. The number of nitriles is 1. The number of hydrogen-bond acceptors (Lipinski definition) is 2. The van der Waals surface area contributed by atoms with Crippen molar-refractivity contribution in [3.05, 3.63) is 29.8 Å². The number of nitrogens with zero attached hydrogens (tertiary/aromatic N) is 1. The molecule has 3 unspecified atom stereocenters. The lowest BCUT2D eigenvalue weighted by Gasteiger charge is -2.35. The summed E-state index contributed by atoms with van der Waals surface area (Å²) >= 11 is 0. The molecule has 90 valence electrons. The lowest BCUT2D eigenvalue weighted by molar-refractivity contribution is 0.253. The van der Waals surface area contributed by atoms with Gasteiger partial charge in [0.2, 0.25) is 0 Å². The molecule has 17 heavy (non-hydrogen) atoms. The highest BCUT2D eigenvalue weighted by Crippen LogP contribution is 2.31. The minimum absolute atomic E-state index is 0.549. The van der Waals surface area contributed by atoms with Crippen LogP contribution in [-0.4, -0.2) is 6.04 Å². The standard InChI is InChI=1S/C15H20N2/c1-11-5-3-8-15(12(11)2)17-14-7-4-6-13(9-14)10-16/h4,6-7,9,11-12,15,17H,3,5,8H2,1-2H3. The molecule has 1 aliphatic rings. The van der Waals surface area contributed by atoms with Crippen LogP contribution in [0.4, 0.5) is 5.69 Å². The molecule has 0 saturated heterocycles. The largest absolute Gasteiger partial charge is 0.382 e. The zero-order valence-electron chi connectivity index (χ0n) is 10.6. The van der Waals surface area contributed by atoms with Crippen molar-refractivity contribution in [2.75, 3.05) is 5.32 Å². The normalized spacial score (nSPS) is 28.4. The predicted molar refractivity (Wildman–Crippen MR) is 70.7 cm³/mol. The second-order valence-corrected chi connectivity index (χ2v) is 5.21. The molecule has 0 radical (unpaired) electrons. The summed E-state index contributed by atoms with van der Waals surface area (Å²) in [5, 5.41) is 12.5. The van der Waals surface area contributed by atoms with Gasteiger partial charge in [-0.05, 0) is 36.5 Å². The van der Waals surface area contributed by atoms with E-state index in [2.05, 4.69) is 25.2 Å². The van der Waals surface area contributed by atoms with Gasteiger partial charge in [0.05, 0.1) is 11.6 Å². The molecular weight excluding hydrogens is 208 g/mol. The Morgan fingerprint density at radius 2 is 2.12 bits per heavy atom. The molecule has 1 saturated carbocycles. The van der Waals surface area contributed by atoms with Crippen LogP contribution in [0, 0.1) is 23.2 Å². The molecule has 2 nitrogen and oxygen atoms in total. The molecule has 0 bridgehead atoms. The molecular formula is C15H20N2. The molecule has 0 amide bonds. The SMILES string of the molecule is CC1CCCC(Nc2cccc(C#N)c2)C1C. The van der Waals surface area contributed by atoms with Gasteiger partial charge in [0, 0.05) is 11.7 Å². The van der Waals surface area contributed by atoms with Crippen LogP contribution in [0.5, 0.6) is 0 Å². The molecule has 0 heterocycles. The third kappa shape index (κ3) is 2.79. The summed E-state index contributed by atoms with van der Waals surface area (Å²) in [6.45, 7) is 4.67. The smallest absolute Gasteiger partial charge is 0.0992 e. The Hall–Kier alpha value is -1.49. The third-order valence-electron chi connectivity index (χ3n) is 4.05. The van der Waals surface area contributed by atoms with Gasteiger partial charge >= 0.3 is 0 Å². The number of benzene rings is 1. The van der Waals surface area contributed by atoms with Gasteiger partial charge in [-0.1, -0.05) is 32.8 Å². The van der Waals surface area contributed by atoms with Crippen LogP contribution in [0.2, 0.25) is 0 Å². The first-order valence-electron chi connectivity index (χ1n) is 6.47. The van der Waals surface area contributed by atoms with Crippen LogP contribution in [0.25, 0.3) is 0 Å². The van der Waals surface area contributed by atoms with Gasteiger partial charge < -0.3 is 5.32 Å². The van der Waals surface area contributed by atoms with E-state index >= 15 is 0 Å². The summed E-state index contributed by atoms with van der Waals surface area (Å²) in [7, 11) is 0. The molecule has 1 aromatic carbocycles. The molecule has 1 aromatic rings. The van der Waals surface area contributed by atoms with Gasteiger partial charge in [-0.15, -0.1) is 0 Å². The van der Waals surface area contributed by atoms with E-state index in [1.807, 2.05) is 24.3 Å². The summed E-state index contributed by atoms with van der Waals surface area (Å²) in [6.07, 6.45) is 3.89. The lowest BCUT2D eigenvalue weighted by Crippen LogP contribution is -2.34. The number of hydrogen-bond donors (Lipinski definition) is 1. The summed E-state index contributed by atoms with van der Waals surface area (Å²) in [6, 6.07) is 10.5. The molecule has 3 atom stereocenters. The maximum absolute atomic E-state index is 8.88. The summed E-state index contributed by atoms with van der Waals surface area (Å²) in [5.74, 6) is 1.50. The first-order valence-corrected chi connectivity index (χ1v) is 6.47. The van der Waals surface area contributed by atoms with Crippen LogP contribution in [-0.2, 0) is 0 Å². The number of nitrogens with one attached hydrogen (secondary N) is 1. The first kappa shape index (κ1) is 12.0. The van der Waals surface area contributed by atoms with Crippen molar-refractivity contribution >= 4 is 5.69 Å². The monoisotopic (exact) mass is 228 g/mol. The van der Waals surface area contributed by atoms with Crippen LogP contribution in [0.3, 0.4) is 0 Å². The van der Waals surface area contributed by atoms with E-state index in [1.54, 1.807) is 0 Å². The van der Waals surface area contributed by atoms with E-state index in [-0.39, 0.29) is 0 Å². The highest BCUT2D eigenvalue weighted by molar-refractivity contribution is 5.49. The van der Waals surface area contributed by atoms with Gasteiger partial charge in [-0.2, -0.15) is 5.26 Å². The molecule has 2 heteroatoms. The topological polar surface area (TPSA) is 35.8 Å². The van der Waals surface area contributed by atoms with E-state index in [1.165, 1.54) is 19.3 Å². The maximum atomic E-state index is 8.88. The minimum Gasteiger partial charge on any atom is -0.382 e. The lowest BCUT2D eigenvalue weighted by atomic mass is 9.78. The van der Waals surface area contributed by atoms with Crippen molar-refractivity contribution in [3.8, 4) is 6.07 Å². The average molecular weight is 228 g/mol. The Kier molecular flexibility index (Phi) is 3.68. The molecule has 1 N–H and O–H groups in total. The van der Waals surface area contributed by atoms with Crippen LogP contribution < -0.4 is 5.32 Å². The summed E-state index contributed by atoms with van der Waals surface area (Å²) < 4.78 is 0. The molecule has 0 aliphatic heterocycles. The van der Waals surface area contributed by atoms with Crippen LogP contribution in [0.15, 0.2) is 24.3 Å². The van der Waals surface area contributed by atoms with E-state index in [0.717, 1.165) is 17.2 Å². The zero-order chi connectivity index (χ0) is 12.3. The third-order valence-corrected chi connectivity index (χ3v) is 4.05. The molecule has 2 rings (SSSR count). The van der Waals surface area contributed by atoms with E-state index in [0.29, 0.717) is 12.0 Å². The fourth-order valence-corrected chi connectivity index (χ4v) is 2.68. The summed E-state index contributed by atoms with van der Waals surface area (Å²) in [4.78, 5) is 0. The van der Waals surface area contributed by atoms with Crippen molar-refractivity contribution < 1.29 is 0 Å². The van der Waals surface area contributed by atoms with Crippen LogP contribution in [0.1, 0.15) is 38.7 Å². The molecule has 1 fully saturated rings. The van der Waals surface area contributed by atoms with Gasteiger partial charge in [-0.3, -0.25) is 0 Å². The maximum Gasteiger partial charge on any atom is 0.0992 e. The minimum atomic E-state index is 0.549. The zero-order valence-corrected chi connectivity index (χ0v) is 10.6. The van der Waals surface area contributed by atoms with Gasteiger partial charge in [-0.25, -0.2) is 0 Å². The highest BCUT2D eigenvalue weighted by Gasteiger charge is 2.26. The quantitative estimate of drug-likeness (QED) is 0.835. The number of anilines is 1. The fourth-order valence-electron chi connectivity index (χ4n) is 2.68. The molecule has 1 aliphatic carbocycles. The molecule has 0 spiro atoms. The predicted octanol–water partition coefficient (Wildman–Crippen LogP) is 3.79.